The number of hydrogen-bond acceptors (Lipinski definition) is 4. The van der Waals surface area contributed by atoms with E-state index in [0.29, 0.717) is 6.17 Å². The van der Waals surface area contributed by atoms with Crippen LogP contribution in [0.15, 0.2) is 17.4 Å². The van der Waals surface area contributed by atoms with E-state index in [2.05, 4.69) is 20.5 Å². The van der Waals surface area contributed by atoms with Crippen LogP contribution in [0.5, 0.6) is 0 Å². The molecule has 0 aromatic rings. The Labute approximate surface area is 72.3 Å². The first kappa shape index (κ1) is 7.76. The second kappa shape index (κ2) is 3.69. The van der Waals surface area contributed by atoms with Gasteiger partial charge in [-0.2, -0.15) is 0 Å². The summed E-state index contributed by atoms with van der Waals surface area (Å²) in [6.45, 7) is 4.35. The second-order valence-electron chi connectivity index (χ2n) is 3.01. The van der Waals surface area contributed by atoms with Gasteiger partial charge in [0, 0.05) is 44.8 Å². The number of aliphatic imine (C=N–C) groups is 1. The average molecular weight is 166 g/mol. The first-order chi connectivity index (χ1) is 5.97. The van der Waals surface area contributed by atoms with E-state index in [0.717, 1.165) is 26.2 Å². The van der Waals surface area contributed by atoms with E-state index in [1.54, 1.807) is 6.20 Å². The van der Waals surface area contributed by atoms with Gasteiger partial charge in [-0.05, 0) is 0 Å². The molecule has 12 heavy (non-hydrogen) atoms. The van der Waals surface area contributed by atoms with Gasteiger partial charge in [-0.15, -0.1) is 0 Å². The van der Waals surface area contributed by atoms with Gasteiger partial charge in [0.15, 0.2) is 0 Å². The fraction of sp³-hybridized carbons (Fsp3) is 0.625. The van der Waals surface area contributed by atoms with Crippen molar-refractivity contribution >= 4 is 6.21 Å². The molecule has 1 saturated heterocycles. The lowest BCUT2D eigenvalue weighted by Gasteiger charge is -2.33. The maximum absolute atomic E-state index is 4.10. The Bertz CT molecular complexity index is 193. The van der Waals surface area contributed by atoms with Crippen molar-refractivity contribution in [1.29, 1.82) is 0 Å². The van der Waals surface area contributed by atoms with Crippen LogP contribution >= 0.6 is 0 Å². The molecule has 2 aliphatic heterocycles. The fourth-order valence-corrected chi connectivity index (χ4v) is 1.52. The number of nitrogens with one attached hydrogen (secondary N) is 2. The summed E-state index contributed by atoms with van der Waals surface area (Å²) in [6, 6.07) is 0. The van der Waals surface area contributed by atoms with Crippen LogP contribution in [0.25, 0.3) is 0 Å². The Morgan fingerprint density at radius 3 is 2.83 bits per heavy atom. The summed E-state index contributed by atoms with van der Waals surface area (Å²) in [5.41, 5.74) is 0. The number of hydrogen-bond donors (Lipinski definition) is 2. The molecule has 4 nitrogen and oxygen atoms in total. The molecular weight excluding hydrogens is 152 g/mol. The molecule has 66 valence electrons. The van der Waals surface area contributed by atoms with Crippen molar-refractivity contribution in [3.63, 3.8) is 0 Å². The molecule has 0 amide bonds. The number of rotatable bonds is 1. The molecular formula is C8H14N4. The molecule has 1 fully saturated rings. The van der Waals surface area contributed by atoms with E-state index in [-0.39, 0.29) is 0 Å². The Morgan fingerprint density at radius 1 is 1.33 bits per heavy atom. The molecule has 2 rings (SSSR count). The Balaban J connectivity index is 1.90. The van der Waals surface area contributed by atoms with Gasteiger partial charge < -0.3 is 10.6 Å². The van der Waals surface area contributed by atoms with Crippen LogP contribution in [0.3, 0.4) is 0 Å². The van der Waals surface area contributed by atoms with E-state index < -0.39 is 0 Å². The zero-order chi connectivity index (χ0) is 8.23. The van der Waals surface area contributed by atoms with Crippen LogP contribution in [0.2, 0.25) is 0 Å². The summed E-state index contributed by atoms with van der Waals surface area (Å²) in [5, 5.41) is 6.58. The summed E-state index contributed by atoms with van der Waals surface area (Å²) in [6.07, 6.45) is 5.92. The molecule has 2 aliphatic rings. The van der Waals surface area contributed by atoms with E-state index >= 15 is 0 Å². The molecule has 1 unspecified atom stereocenters. The normalized spacial score (nSPS) is 30.2. The molecule has 0 bridgehead atoms. The molecule has 4 heteroatoms. The minimum absolute atomic E-state index is 0.303. The van der Waals surface area contributed by atoms with E-state index in [1.807, 2.05) is 12.4 Å². The highest BCUT2D eigenvalue weighted by Gasteiger charge is 2.17. The van der Waals surface area contributed by atoms with Gasteiger partial charge in [0.2, 0.25) is 0 Å². The summed E-state index contributed by atoms with van der Waals surface area (Å²) in [5.74, 6) is 0. The Kier molecular flexibility index (Phi) is 2.39. The molecule has 0 aromatic carbocycles. The summed E-state index contributed by atoms with van der Waals surface area (Å²) < 4.78 is 0. The molecule has 0 radical (unpaired) electrons. The lowest BCUT2D eigenvalue weighted by atomic mass is 10.3. The van der Waals surface area contributed by atoms with Crippen molar-refractivity contribution < 1.29 is 0 Å². The quantitative estimate of drug-likeness (QED) is 0.544. The van der Waals surface area contributed by atoms with Crippen LogP contribution in [-0.4, -0.2) is 43.5 Å². The monoisotopic (exact) mass is 166 g/mol. The first-order valence-electron chi connectivity index (χ1n) is 4.36. The second-order valence-corrected chi connectivity index (χ2v) is 3.01. The third kappa shape index (κ3) is 1.65. The molecule has 0 saturated carbocycles. The van der Waals surface area contributed by atoms with Crippen molar-refractivity contribution in [2.24, 2.45) is 4.99 Å². The van der Waals surface area contributed by atoms with E-state index in [4.69, 9.17) is 0 Å². The SMILES string of the molecule is C1=CNC(N2CCNCC2)C=N1. The lowest BCUT2D eigenvalue weighted by Crippen LogP contribution is -2.53. The molecule has 0 spiro atoms. The highest BCUT2D eigenvalue weighted by Crippen LogP contribution is 1.99. The molecule has 2 N–H and O–H groups in total. The highest BCUT2D eigenvalue weighted by atomic mass is 15.3. The zero-order valence-corrected chi connectivity index (χ0v) is 7.03. The van der Waals surface area contributed by atoms with Crippen LogP contribution in [0.1, 0.15) is 0 Å². The Hall–Kier alpha value is -0.870. The standard InChI is InChI=1S/C8H14N4/c1-2-11-8(7-10-1)12-5-3-9-4-6-12/h1-2,7-9,11H,3-6H2. The molecule has 0 aromatic heterocycles. The van der Waals surface area contributed by atoms with Crippen molar-refractivity contribution in [2.75, 3.05) is 26.2 Å². The van der Waals surface area contributed by atoms with E-state index in [1.165, 1.54) is 0 Å². The Morgan fingerprint density at radius 2 is 2.17 bits per heavy atom. The largest absolute Gasteiger partial charge is 0.370 e. The summed E-state index contributed by atoms with van der Waals surface area (Å²) in [4.78, 5) is 6.48. The third-order valence-electron chi connectivity index (χ3n) is 2.20. The van der Waals surface area contributed by atoms with Gasteiger partial charge >= 0.3 is 0 Å². The van der Waals surface area contributed by atoms with Gasteiger partial charge in [0.05, 0.1) is 0 Å². The molecule has 2 heterocycles. The zero-order valence-electron chi connectivity index (χ0n) is 7.03. The number of nitrogens with zero attached hydrogens (tertiary/aromatic N) is 2. The van der Waals surface area contributed by atoms with Gasteiger partial charge in [-0.1, -0.05) is 0 Å². The smallest absolute Gasteiger partial charge is 0.116 e. The lowest BCUT2D eigenvalue weighted by molar-refractivity contribution is 0.201. The minimum Gasteiger partial charge on any atom is -0.370 e. The van der Waals surface area contributed by atoms with Gasteiger partial charge in [0.1, 0.15) is 6.17 Å². The minimum atomic E-state index is 0.303. The van der Waals surface area contributed by atoms with Crippen molar-refractivity contribution in [1.82, 2.24) is 15.5 Å². The van der Waals surface area contributed by atoms with Crippen molar-refractivity contribution in [3.05, 3.63) is 12.4 Å². The fourth-order valence-electron chi connectivity index (χ4n) is 1.52. The summed E-state index contributed by atoms with van der Waals surface area (Å²) in [7, 11) is 0. The van der Waals surface area contributed by atoms with Gasteiger partial charge in [-0.25, -0.2) is 0 Å². The third-order valence-corrected chi connectivity index (χ3v) is 2.20. The average Bonchev–Trinajstić information content (AvgIpc) is 2.21. The summed E-state index contributed by atoms with van der Waals surface area (Å²) >= 11 is 0. The van der Waals surface area contributed by atoms with Gasteiger partial charge in [-0.3, -0.25) is 9.89 Å². The molecule has 1 atom stereocenters. The van der Waals surface area contributed by atoms with Crippen LogP contribution in [0, 0.1) is 0 Å². The van der Waals surface area contributed by atoms with Crippen LogP contribution in [0.4, 0.5) is 0 Å². The van der Waals surface area contributed by atoms with Crippen LogP contribution in [-0.2, 0) is 0 Å². The molecule has 0 aliphatic carbocycles. The first-order valence-corrected chi connectivity index (χ1v) is 4.36. The van der Waals surface area contributed by atoms with Crippen LogP contribution < -0.4 is 10.6 Å². The van der Waals surface area contributed by atoms with Gasteiger partial charge in [0.25, 0.3) is 0 Å². The van der Waals surface area contributed by atoms with E-state index in [9.17, 15) is 0 Å². The van der Waals surface area contributed by atoms with Crippen molar-refractivity contribution in [3.8, 4) is 0 Å². The topological polar surface area (TPSA) is 39.7 Å². The van der Waals surface area contributed by atoms with Crippen molar-refractivity contribution in [2.45, 2.75) is 6.17 Å². The number of piperazine rings is 1. The maximum atomic E-state index is 4.10. The predicted octanol–water partition coefficient (Wildman–Crippen LogP) is -0.637. The maximum Gasteiger partial charge on any atom is 0.116 e. The highest BCUT2D eigenvalue weighted by molar-refractivity contribution is 5.65. The predicted molar refractivity (Wildman–Crippen MR) is 49.0 cm³/mol.